The molecule has 78 valence electrons. The van der Waals surface area contributed by atoms with Crippen molar-refractivity contribution in [1.29, 1.82) is 0 Å². The summed E-state index contributed by atoms with van der Waals surface area (Å²) < 4.78 is 10.8. The number of nitrogens with zero attached hydrogens (tertiary/aromatic N) is 1. The van der Waals surface area contributed by atoms with Crippen LogP contribution in [0.1, 0.15) is 17.2 Å². The number of benzene rings is 1. The van der Waals surface area contributed by atoms with Crippen LogP contribution in [0.15, 0.2) is 34.9 Å². The Bertz CT molecular complexity index is 431. The maximum absolute atomic E-state index is 5.53. The summed E-state index contributed by atoms with van der Waals surface area (Å²) in [7, 11) is 0. The predicted molar refractivity (Wildman–Crippen MR) is 56.8 cm³/mol. The summed E-state index contributed by atoms with van der Waals surface area (Å²) in [6.07, 6.45) is 1.68. The van der Waals surface area contributed by atoms with Crippen molar-refractivity contribution in [3.8, 4) is 5.75 Å². The predicted octanol–water partition coefficient (Wildman–Crippen LogP) is 2.87. The van der Waals surface area contributed by atoms with Crippen LogP contribution < -0.4 is 4.74 Å². The van der Waals surface area contributed by atoms with Gasteiger partial charge in [0.05, 0.1) is 6.20 Å². The third-order valence-electron chi connectivity index (χ3n) is 2.07. The highest BCUT2D eigenvalue weighted by Gasteiger charge is 2.00. The molecular weight excluding hydrogens is 190 g/mol. The van der Waals surface area contributed by atoms with E-state index in [2.05, 4.69) is 4.98 Å². The maximum Gasteiger partial charge on any atom is 0.191 e. The van der Waals surface area contributed by atoms with Crippen LogP contribution in [0, 0.1) is 13.8 Å². The van der Waals surface area contributed by atoms with Crippen LogP contribution >= 0.6 is 0 Å². The van der Waals surface area contributed by atoms with Crippen LogP contribution in [0.3, 0.4) is 0 Å². The molecular formula is C12H13NO2. The van der Waals surface area contributed by atoms with Gasteiger partial charge in [-0.3, -0.25) is 0 Å². The minimum Gasteiger partial charge on any atom is -0.486 e. The van der Waals surface area contributed by atoms with Crippen molar-refractivity contribution in [2.24, 2.45) is 0 Å². The minimum absolute atomic E-state index is 0.421. The highest BCUT2D eigenvalue weighted by molar-refractivity contribution is 5.26. The molecule has 0 spiro atoms. The SMILES string of the molecule is Cc1ccc(OCc2cnc(C)o2)cc1. The van der Waals surface area contributed by atoms with Gasteiger partial charge in [-0.1, -0.05) is 17.7 Å². The third kappa shape index (κ3) is 2.59. The first-order valence-corrected chi connectivity index (χ1v) is 4.85. The molecule has 0 radical (unpaired) electrons. The molecule has 0 aliphatic rings. The topological polar surface area (TPSA) is 35.3 Å². The van der Waals surface area contributed by atoms with E-state index in [1.165, 1.54) is 5.56 Å². The highest BCUT2D eigenvalue weighted by Crippen LogP contribution is 2.13. The first-order valence-electron chi connectivity index (χ1n) is 4.85. The van der Waals surface area contributed by atoms with Crippen LogP contribution in [0.4, 0.5) is 0 Å². The summed E-state index contributed by atoms with van der Waals surface area (Å²) in [5.74, 6) is 2.25. The standard InChI is InChI=1S/C12H13NO2/c1-9-3-5-11(6-4-9)14-8-12-7-13-10(2)15-12/h3-7H,8H2,1-2H3. The number of rotatable bonds is 3. The zero-order valence-corrected chi connectivity index (χ0v) is 8.86. The van der Waals surface area contributed by atoms with Gasteiger partial charge >= 0.3 is 0 Å². The number of hydrogen-bond acceptors (Lipinski definition) is 3. The minimum atomic E-state index is 0.421. The summed E-state index contributed by atoms with van der Waals surface area (Å²) in [5, 5.41) is 0. The van der Waals surface area contributed by atoms with E-state index in [1.807, 2.05) is 38.1 Å². The first-order chi connectivity index (χ1) is 7.24. The fourth-order valence-corrected chi connectivity index (χ4v) is 1.26. The summed E-state index contributed by atoms with van der Waals surface area (Å²) in [4.78, 5) is 4.00. The molecule has 0 aliphatic heterocycles. The van der Waals surface area contributed by atoms with Gasteiger partial charge in [-0.15, -0.1) is 0 Å². The fourth-order valence-electron chi connectivity index (χ4n) is 1.26. The van der Waals surface area contributed by atoms with E-state index in [9.17, 15) is 0 Å². The molecule has 0 N–H and O–H groups in total. The Labute approximate surface area is 88.7 Å². The lowest BCUT2D eigenvalue weighted by molar-refractivity contribution is 0.267. The second-order valence-corrected chi connectivity index (χ2v) is 3.45. The van der Waals surface area contributed by atoms with Crippen molar-refractivity contribution in [1.82, 2.24) is 4.98 Å². The Morgan fingerprint density at radius 3 is 2.53 bits per heavy atom. The number of oxazole rings is 1. The molecule has 3 nitrogen and oxygen atoms in total. The monoisotopic (exact) mass is 203 g/mol. The molecule has 0 atom stereocenters. The Kier molecular flexibility index (Phi) is 2.72. The molecule has 0 amide bonds. The van der Waals surface area contributed by atoms with Gasteiger partial charge < -0.3 is 9.15 Å². The van der Waals surface area contributed by atoms with Crippen LogP contribution in [-0.4, -0.2) is 4.98 Å². The van der Waals surface area contributed by atoms with Crippen molar-refractivity contribution < 1.29 is 9.15 Å². The molecule has 0 saturated carbocycles. The van der Waals surface area contributed by atoms with Crippen molar-refractivity contribution in [2.45, 2.75) is 20.5 Å². The van der Waals surface area contributed by atoms with Gasteiger partial charge in [0.2, 0.25) is 0 Å². The number of ether oxygens (including phenoxy) is 1. The Morgan fingerprint density at radius 2 is 1.93 bits per heavy atom. The largest absolute Gasteiger partial charge is 0.486 e. The zero-order chi connectivity index (χ0) is 10.7. The maximum atomic E-state index is 5.53. The average molecular weight is 203 g/mol. The number of aromatic nitrogens is 1. The molecule has 0 fully saturated rings. The van der Waals surface area contributed by atoms with Crippen molar-refractivity contribution >= 4 is 0 Å². The van der Waals surface area contributed by atoms with Crippen LogP contribution in [0.5, 0.6) is 5.75 Å². The Hall–Kier alpha value is -1.77. The zero-order valence-electron chi connectivity index (χ0n) is 8.86. The third-order valence-corrected chi connectivity index (χ3v) is 2.07. The molecule has 1 aromatic heterocycles. The molecule has 2 aromatic rings. The van der Waals surface area contributed by atoms with Gasteiger partial charge in [-0.05, 0) is 19.1 Å². The second-order valence-electron chi connectivity index (χ2n) is 3.45. The molecule has 0 unspecified atom stereocenters. The normalized spacial score (nSPS) is 10.3. The first kappa shape index (κ1) is 9.77. The van der Waals surface area contributed by atoms with Gasteiger partial charge in [0.1, 0.15) is 12.4 Å². The quantitative estimate of drug-likeness (QED) is 0.769. The molecule has 2 rings (SSSR count). The van der Waals surface area contributed by atoms with E-state index in [1.54, 1.807) is 6.20 Å². The summed E-state index contributed by atoms with van der Waals surface area (Å²) in [6, 6.07) is 7.92. The lowest BCUT2D eigenvalue weighted by Crippen LogP contribution is -1.93. The molecule has 3 heteroatoms. The van der Waals surface area contributed by atoms with Crippen LogP contribution in [-0.2, 0) is 6.61 Å². The van der Waals surface area contributed by atoms with E-state index >= 15 is 0 Å². The smallest absolute Gasteiger partial charge is 0.191 e. The average Bonchev–Trinajstić information content (AvgIpc) is 2.64. The van der Waals surface area contributed by atoms with E-state index < -0.39 is 0 Å². The van der Waals surface area contributed by atoms with Crippen molar-refractivity contribution in [2.75, 3.05) is 0 Å². The summed E-state index contributed by atoms with van der Waals surface area (Å²) >= 11 is 0. The Morgan fingerprint density at radius 1 is 1.20 bits per heavy atom. The molecule has 0 aliphatic carbocycles. The lowest BCUT2D eigenvalue weighted by Gasteiger charge is -2.03. The van der Waals surface area contributed by atoms with Gasteiger partial charge in [0.25, 0.3) is 0 Å². The summed E-state index contributed by atoms with van der Waals surface area (Å²) in [6.45, 7) is 4.28. The van der Waals surface area contributed by atoms with Crippen LogP contribution in [0.2, 0.25) is 0 Å². The van der Waals surface area contributed by atoms with E-state index in [0.717, 1.165) is 11.5 Å². The van der Waals surface area contributed by atoms with Crippen molar-refractivity contribution in [3.63, 3.8) is 0 Å². The van der Waals surface area contributed by atoms with E-state index in [4.69, 9.17) is 9.15 Å². The van der Waals surface area contributed by atoms with Gasteiger partial charge in [0, 0.05) is 6.92 Å². The number of hydrogen-bond donors (Lipinski definition) is 0. The molecule has 1 aromatic carbocycles. The van der Waals surface area contributed by atoms with Gasteiger partial charge in [0.15, 0.2) is 11.7 Å². The molecule has 15 heavy (non-hydrogen) atoms. The van der Waals surface area contributed by atoms with E-state index in [-0.39, 0.29) is 0 Å². The molecule has 0 saturated heterocycles. The molecule has 1 heterocycles. The Balaban J connectivity index is 1.96. The molecule has 0 bridgehead atoms. The van der Waals surface area contributed by atoms with Gasteiger partial charge in [-0.25, -0.2) is 4.98 Å². The van der Waals surface area contributed by atoms with Gasteiger partial charge in [-0.2, -0.15) is 0 Å². The number of aryl methyl sites for hydroxylation is 2. The van der Waals surface area contributed by atoms with Crippen molar-refractivity contribution in [3.05, 3.63) is 47.7 Å². The fraction of sp³-hybridized carbons (Fsp3) is 0.250. The summed E-state index contributed by atoms with van der Waals surface area (Å²) in [5.41, 5.74) is 1.22. The highest BCUT2D eigenvalue weighted by atomic mass is 16.5. The van der Waals surface area contributed by atoms with E-state index in [0.29, 0.717) is 12.5 Å². The lowest BCUT2D eigenvalue weighted by atomic mass is 10.2. The second kappa shape index (κ2) is 4.17. The van der Waals surface area contributed by atoms with Crippen LogP contribution in [0.25, 0.3) is 0 Å².